The van der Waals surface area contributed by atoms with Crippen molar-refractivity contribution in [3.63, 3.8) is 0 Å². The first-order valence-corrected chi connectivity index (χ1v) is 5.87. The van der Waals surface area contributed by atoms with E-state index in [4.69, 9.17) is 5.11 Å². The molecule has 2 amide bonds. The third-order valence-corrected chi connectivity index (χ3v) is 2.98. The Balaban J connectivity index is 2.08. The Bertz CT molecular complexity index is 554. The summed E-state index contributed by atoms with van der Waals surface area (Å²) in [5, 5.41) is 11.0. The fraction of sp³-hybridized carbons (Fsp3) is 0.308. The zero-order valence-corrected chi connectivity index (χ0v) is 10.5. The number of carboxylic acid groups (broad SMARTS) is 1. The number of rotatable bonds is 4. The monoisotopic (exact) mass is 262 g/mol. The predicted octanol–water partition coefficient (Wildman–Crippen LogP) is 0.477. The summed E-state index contributed by atoms with van der Waals surface area (Å²) < 4.78 is 0. The lowest BCUT2D eigenvalue weighted by atomic mass is 10.1. The van der Waals surface area contributed by atoms with Crippen molar-refractivity contribution in [3.8, 4) is 0 Å². The van der Waals surface area contributed by atoms with Gasteiger partial charge in [0.05, 0.1) is 6.42 Å². The molecule has 1 aromatic rings. The minimum Gasteiger partial charge on any atom is -0.481 e. The van der Waals surface area contributed by atoms with Crippen LogP contribution >= 0.6 is 0 Å². The molecule has 2 rings (SSSR count). The smallest absolute Gasteiger partial charge is 0.305 e. The molecule has 0 aromatic heterocycles. The quantitative estimate of drug-likeness (QED) is 0.826. The van der Waals surface area contributed by atoms with E-state index in [0.29, 0.717) is 17.7 Å². The third kappa shape index (κ3) is 2.73. The summed E-state index contributed by atoms with van der Waals surface area (Å²) in [5.41, 5.74) is 1.80. The average Bonchev–Trinajstić information content (AvgIpc) is 2.64. The minimum absolute atomic E-state index is 0.0686. The molecular formula is C13H14N2O4. The van der Waals surface area contributed by atoms with Crippen molar-refractivity contribution >= 4 is 17.8 Å². The van der Waals surface area contributed by atoms with Crippen LogP contribution in [0.2, 0.25) is 0 Å². The molecule has 0 fully saturated rings. The van der Waals surface area contributed by atoms with Gasteiger partial charge >= 0.3 is 5.97 Å². The van der Waals surface area contributed by atoms with Crippen LogP contribution in [0.4, 0.5) is 0 Å². The molecule has 6 heteroatoms. The van der Waals surface area contributed by atoms with E-state index in [2.05, 4.69) is 5.32 Å². The van der Waals surface area contributed by atoms with Crippen molar-refractivity contribution in [3.05, 3.63) is 34.9 Å². The number of hydrogen-bond acceptors (Lipinski definition) is 3. The average molecular weight is 262 g/mol. The van der Waals surface area contributed by atoms with E-state index >= 15 is 0 Å². The highest BCUT2D eigenvalue weighted by Gasteiger charge is 2.25. The van der Waals surface area contributed by atoms with Gasteiger partial charge in [-0.25, -0.2) is 0 Å². The van der Waals surface area contributed by atoms with E-state index in [1.165, 1.54) is 0 Å². The second-order valence-electron chi connectivity index (χ2n) is 4.43. The molecule has 0 saturated carbocycles. The van der Waals surface area contributed by atoms with Crippen LogP contribution in [-0.4, -0.2) is 41.4 Å². The highest BCUT2D eigenvalue weighted by Crippen LogP contribution is 2.22. The molecule has 0 saturated heterocycles. The first-order chi connectivity index (χ1) is 8.99. The molecule has 6 nitrogen and oxygen atoms in total. The standard InChI is InChI=1S/C13H14N2O4/c1-15-7-9-3-2-8(6-10(9)13(15)19)12(18)14-5-4-11(16)17/h2-3,6H,4-5,7H2,1H3,(H,14,18)(H,16,17). The van der Waals surface area contributed by atoms with Crippen molar-refractivity contribution in [1.29, 1.82) is 0 Å². The number of nitrogens with one attached hydrogen (secondary N) is 1. The molecular weight excluding hydrogens is 248 g/mol. The number of carbonyl (C=O) groups excluding carboxylic acids is 2. The largest absolute Gasteiger partial charge is 0.481 e. The maximum atomic E-state index is 11.8. The molecule has 0 aliphatic carbocycles. The molecule has 0 unspecified atom stereocenters. The van der Waals surface area contributed by atoms with Crippen molar-refractivity contribution in [2.75, 3.05) is 13.6 Å². The van der Waals surface area contributed by atoms with Gasteiger partial charge in [0.1, 0.15) is 0 Å². The Kier molecular flexibility index (Phi) is 3.50. The van der Waals surface area contributed by atoms with E-state index in [1.807, 2.05) is 0 Å². The van der Waals surface area contributed by atoms with Gasteiger partial charge in [-0.2, -0.15) is 0 Å². The number of hydrogen-bond donors (Lipinski definition) is 2. The fourth-order valence-electron chi connectivity index (χ4n) is 1.97. The Morgan fingerprint density at radius 3 is 2.84 bits per heavy atom. The van der Waals surface area contributed by atoms with Crippen LogP contribution < -0.4 is 5.32 Å². The molecule has 1 aromatic carbocycles. The van der Waals surface area contributed by atoms with Crippen LogP contribution in [0.15, 0.2) is 18.2 Å². The van der Waals surface area contributed by atoms with E-state index < -0.39 is 5.97 Å². The first-order valence-electron chi connectivity index (χ1n) is 5.87. The maximum absolute atomic E-state index is 11.8. The third-order valence-electron chi connectivity index (χ3n) is 2.98. The van der Waals surface area contributed by atoms with Gasteiger partial charge in [0.15, 0.2) is 0 Å². The molecule has 0 spiro atoms. The van der Waals surface area contributed by atoms with Gasteiger partial charge in [-0.3, -0.25) is 14.4 Å². The summed E-state index contributed by atoms with van der Waals surface area (Å²) in [6, 6.07) is 4.95. The van der Waals surface area contributed by atoms with Crippen LogP contribution in [0.1, 0.15) is 32.7 Å². The van der Waals surface area contributed by atoms with Gasteiger partial charge in [0.25, 0.3) is 11.8 Å². The van der Waals surface area contributed by atoms with Gasteiger partial charge in [-0.15, -0.1) is 0 Å². The van der Waals surface area contributed by atoms with Crippen LogP contribution in [0.25, 0.3) is 0 Å². The van der Waals surface area contributed by atoms with Crippen molar-refractivity contribution < 1.29 is 19.5 Å². The van der Waals surface area contributed by atoms with Gasteiger partial charge in [0.2, 0.25) is 0 Å². The lowest BCUT2D eigenvalue weighted by Crippen LogP contribution is -2.26. The second kappa shape index (κ2) is 5.09. The van der Waals surface area contributed by atoms with Gasteiger partial charge < -0.3 is 15.3 Å². The fourth-order valence-corrected chi connectivity index (χ4v) is 1.97. The summed E-state index contributed by atoms with van der Waals surface area (Å²) in [7, 11) is 1.70. The Morgan fingerprint density at radius 2 is 2.16 bits per heavy atom. The lowest BCUT2D eigenvalue weighted by Gasteiger charge is -2.05. The second-order valence-corrected chi connectivity index (χ2v) is 4.43. The van der Waals surface area contributed by atoms with Crippen LogP contribution in [0.3, 0.4) is 0 Å². The Morgan fingerprint density at radius 1 is 1.42 bits per heavy atom. The summed E-state index contributed by atoms with van der Waals surface area (Å²) >= 11 is 0. The Labute approximate surface area is 110 Å². The summed E-state index contributed by atoms with van der Waals surface area (Å²) in [4.78, 5) is 35.5. The molecule has 1 aliphatic heterocycles. The minimum atomic E-state index is -0.967. The number of aliphatic carboxylic acids is 1. The number of benzene rings is 1. The number of carboxylic acids is 1. The summed E-state index contributed by atoms with van der Waals surface area (Å²) in [5.74, 6) is -1.44. The number of nitrogens with zero attached hydrogens (tertiary/aromatic N) is 1. The molecule has 0 atom stereocenters. The molecule has 0 bridgehead atoms. The molecule has 100 valence electrons. The highest BCUT2D eigenvalue weighted by atomic mass is 16.4. The van der Waals surface area contributed by atoms with Crippen LogP contribution in [0.5, 0.6) is 0 Å². The van der Waals surface area contributed by atoms with Gasteiger partial charge in [0, 0.05) is 31.3 Å². The van der Waals surface area contributed by atoms with E-state index in [0.717, 1.165) is 5.56 Å². The molecule has 19 heavy (non-hydrogen) atoms. The Hall–Kier alpha value is -2.37. The van der Waals surface area contributed by atoms with E-state index in [-0.39, 0.29) is 24.8 Å². The molecule has 1 aliphatic rings. The highest BCUT2D eigenvalue weighted by molar-refractivity contribution is 6.02. The van der Waals surface area contributed by atoms with E-state index in [1.54, 1.807) is 30.1 Å². The van der Waals surface area contributed by atoms with E-state index in [9.17, 15) is 14.4 Å². The van der Waals surface area contributed by atoms with Crippen LogP contribution in [0, 0.1) is 0 Å². The van der Waals surface area contributed by atoms with Crippen molar-refractivity contribution in [1.82, 2.24) is 10.2 Å². The summed E-state index contributed by atoms with van der Waals surface area (Å²) in [6.07, 6.45) is -0.127. The predicted molar refractivity (Wildman–Crippen MR) is 66.8 cm³/mol. The van der Waals surface area contributed by atoms with Crippen molar-refractivity contribution in [2.24, 2.45) is 0 Å². The number of fused-ring (bicyclic) bond motifs is 1. The van der Waals surface area contributed by atoms with Crippen molar-refractivity contribution in [2.45, 2.75) is 13.0 Å². The zero-order chi connectivity index (χ0) is 14.0. The zero-order valence-electron chi connectivity index (χ0n) is 10.5. The van der Waals surface area contributed by atoms with Gasteiger partial charge in [-0.05, 0) is 17.7 Å². The maximum Gasteiger partial charge on any atom is 0.305 e. The number of amides is 2. The van der Waals surface area contributed by atoms with Gasteiger partial charge in [-0.1, -0.05) is 6.07 Å². The first kappa shape index (κ1) is 13.1. The topological polar surface area (TPSA) is 86.7 Å². The van der Waals surface area contributed by atoms with Crippen LogP contribution in [-0.2, 0) is 11.3 Å². The number of carbonyl (C=O) groups is 3. The molecule has 2 N–H and O–H groups in total. The summed E-state index contributed by atoms with van der Waals surface area (Å²) in [6.45, 7) is 0.619. The SMILES string of the molecule is CN1Cc2ccc(C(=O)NCCC(=O)O)cc2C1=O. The molecule has 1 heterocycles. The lowest BCUT2D eigenvalue weighted by molar-refractivity contribution is -0.136. The molecule has 0 radical (unpaired) electrons. The normalized spacial score (nSPS) is 13.3.